The first kappa shape index (κ1) is 23.2. The number of halogens is 1. The number of anilines is 1. The average Bonchev–Trinajstić information content (AvgIpc) is 3.25. The first-order valence-electron chi connectivity index (χ1n) is 9.79. The van der Waals surface area contributed by atoms with Crippen molar-refractivity contribution in [1.29, 1.82) is 0 Å². The number of carbonyl (C=O) groups excluding carboxylic acids is 1. The fourth-order valence-corrected chi connectivity index (χ4v) is 4.97. The highest BCUT2D eigenvalue weighted by Crippen LogP contribution is 2.30. The Hall–Kier alpha value is -2.49. The summed E-state index contributed by atoms with van der Waals surface area (Å²) in [6, 6.07) is 9.12. The van der Waals surface area contributed by atoms with E-state index in [9.17, 15) is 13.2 Å². The zero-order valence-corrected chi connectivity index (χ0v) is 18.9. The van der Waals surface area contributed by atoms with Crippen molar-refractivity contribution in [2.45, 2.75) is 36.6 Å². The second kappa shape index (κ2) is 10.2. The van der Waals surface area contributed by atoms with Gasteiger partial charge in [0.05, 0.1) is 29.8 Å². The van der Waals surface area contributed by atoms with E-state index < -0.39 is 15.9 Å². The van der Waals surface area contributed by atoms with Gasteiger partial charge in [0.15, 0.2) is 6.61 Å². The van der Waals surface area contributed by atoms with Gasteiger partial charge in [0.2, 0.25) is 10.0 Å². The van der Waals surface area contributed by atoms with Gasteiger partial charge in [-0.25, -0.2) is 13.1 Å². The van der Waals surface area contributed by atoms with E-state index in [1.165, 1.54) is 32.4 Å². The molecule has 0 heterocycles. The third-order valence-corrected chi connectivity index (χ3v) is 6.74. The van der Waals surface area contributed by atoms with Crippen molar-refractivity contribution in [2.75, 3.05) is 26.1 Å². The van der Waals surface area contributed by atoms with Crippen LogP contribution in [0.15, 0.2) is 41.3 Å². The lowest BCUT2D eigenvalue weighted by atomic mass is 10.2. The number of amides is 1. The Balaban J connectivity index is 1.62. The third-order valence-electron chi connectivity index (χ3n) is 4.93. The predicted octanol–water partition coefficient (Wildman–Crippen LogP) is 3.60. The van der Waals surface area contributed by atoms with Crippen molar-refractivity contribution in [3.63, 3.8) is 0 Å². The van der Waals surface area contributed by atoms with Crippen LogP contribution < -0.4 is 24.2 Å². The highest BCUT2D eigenvalue weighted by atomic mass is 35.5. The SMILES string of the molecule is COc1ccc(OC)c(NC(=O)COc2ccc(S(=O)(=O)NC3CCCC3)cc2Cl)c1. The molecule has 168 valence electrons. The standard InChI is InChI=1S/C21H25ClN2O6S/c1-28-15-7-9-20(29-2)18(11-15)23-21(25)13-30-19-10-8-16(12-17(19)22)31(26,27)24-14-5-3-4-6-14/h7-12,14,24H,3-6,13H2,1-2H3,(H,23,25). The maximum absolute atomic E-state index is 12.5. The van der Waals surface area contributed by atoms with Gasteiger partial charge in [-0.2, -0.15) is 0 Å². The zero-order chi connectivity index (χ0) is 22.4. The largest absolute Gasteiger partial charge is 0.497 e. The van der Waals surface area contributed by atoms with Crippen molar-refractivity contribution in [3.8, 4) is 17.2 Å². The second-order valence-corrected chi connectivity index (χ2v) is 9.22. The third kappa shape index (κ3) is 6.03. The predicted molar refractivity (Wildman–Crippen MR) is 118 cm³/mol. The van der Waals surface area contributed by atoms with E-state index in [1.807, 2.05) is 0 Å². The number of benzene rings is 2. The van der Waals surface area contributed by atoms with Crippen molar-refractivity contribution in [1.82, 2.24) is 4.72 Å². The molecule has 1 saturated carbocycles. The molecule has 0 aliphatic heterocycles. The zero-order valence-electron chi connectivity index (χ0n) is 17.3. The molecule has 0 bridgehead atoms. The Kier molecular flexibility index (Phi) is 7.64. The number of sulfonamides is 1. The van der Waals surface area contributed by atoms with Crippen LogP contribution in [-0.4, -0.2) is 41.2 Å². The lowest BCUT2D eigenvalue weighted by Crippen LogP contribution is -2.32. The summed E-state index contributed by atoms with van der Waals surface area (Å²) >= 11 is 6.20. The van der Waals surface area contributed by atoms with E-state index in [1.54, 1.807) is 18.2 Å². The molecule has 0 saturated heterocycles. The van der Waals surface area contributed by atoms with Crippen LogP contribution in [0.25, 0.3) is 0 Å². The molecule has 0 aromatic heterocycles. The molecule has 2 aromatic rings. The highest BCUT2D eigenvalue weighted by Gasteiger charge is 2.23. The number of ether oxygens (including phenoxy) is 3. The Labute approximate surface area is 186 Å². The number of rotatable bonds is 9. The van der Waals surface area contributed by atoms with Crippen molar-refractivity contribution in [3.05, 3.63) is 41.4 Å². The Morgan fingerprint density at radius 3 is 2.42 bits per heavy atom. The smallest absolute Gasteiger partial charge is 0.262 e. The van der Waals surface area contributed by atoms with Crippen LogP contribution in [0.2, 0.25) is 5.02 Å². The molecule has 10 heteroatoms. The summed E-state index contributed by atoms with van der Waals surface area (Å²) < 4.78 is 43.6. The monoisotopic (exact) mass is 468 g/mol. The molecule has 1 aliphatic carbocycles. The molecule has 1 amide bonds. The minimum absolute atomic E-state index is 0.0444. The summed E-state index contributed by atoms with van der Waals surface area (Å²) in [5.41, 5.74) is 0.431. The maximum atomic E-state index is 12.5. The molecule has 0 spiro atoms. The molecule has 8 nitrogen and oxygen atoms in total. The van der Waals surface area contributed by atoms with E-state index in [2.05, 4.69) is 10.0 Å². The van der Waals surface area contributed by atoms with E-state index in [0.717, 1.165) is 25.7 Å². The van der Waals surface area contributed by atoms with Crippen molar-refractivity contribution in [2.24, 2.45) is 0 Å². The molecule has 3 rings (SSSR count). The summed E-state index contributed by atoms with van der Waals surface area (Å²) in [5.74, 6) is 0.788. The Morgan fingerprint density at radius 2 is 1.77 bits per heavy atom. The molecule has 0 radical (unpaired) electrons. The fraction of sp³-hybridized carbons (Fsp3) is 0.381. The second-order valence-electron chi connectivity index (χ2n) is 7.10. The quantitative estimate of drug-likeness (QED) is 0.583. The van der Waals surface area contributed by atoms with Crippen molar-refractivity contribution >= 4 is 33.2 Å². The molecule has 0 atom stereocenters. The summed E-state index contributed by atoms with van der Waals surface area (Å²) in [6.45, 7) is -0.327. The number of hydrogen-bond donors (Lipinski definition) is 2. The Bertz CT molecular complexity index is 1040. The Morgan fingerprint density at radius 1 is 1.06 bits per heavy atom. The lowest BCUT2D eigenvalue weighted by molar-refractivity contribution is -0.118. The average molecular weight is 469 g/mol. The number of hydrogen-bond acceptors (Lipinski definition) is 6. The van der Waals surface area contributed by atoms with Crippen LogP contribution in [0.5, 0.6) is 17.2 Å². The van der Waals surface area contributed by atoms with Crippen LogP contribution in [0.3, 0.4) is 0 Å². The van der Waals surface area contributed by atoms with E-state index >= 15 is 0 Å². The first-order valence-corrected chi connectivity index (χ1v) is 11.6. The fourth-order valence-electron chi connectivity index (χ4n) is 3.34. The van der Waals surface area contributed by atoms with Gasteiger partial charge in [-0.05, 0) is 43.2 Å². The number of methoxy groups -OCH3 is 2. The van der Waals surface area contributed by atoms with E-state index in [-0.39, 0.29) is 28.3 Å². The van der Waals surface area contributed by atoms with Gasteiger partial charge >= 0.3 is 0 Å². The summed E-state index contributed by atoms with van der Waals surface area (Å²) in [7, 11) is -0.654. The van der Waals surface area contributed by atoms with Crippen LogP contribution in [0.1, 0.15) is 25.7 Å². The molecular weight excluding hydrogens is 444 g/mol. The van der Waals surface area contributed by atoms with Crippen LogP contribution >= 0.6 is 11.6 Å². The topological polar surface area (TPSA) is 103 Å². The molecule has 2 N–H and O–H groups in total. The van der Waals surface area contributed by atoms with Gasteiger partial charge in [-0.1, -0.05) is 24.4 Å². The molecular formula is C21H25ClN2O6S. The highest BCUT2D eigenvalue weighted by molar-refractivity contribution is 7.89. The first-order chi connectivity index (χ1) is 14.8. The number of carbonyl (C=O) groups is 1. The van der Waals surface area contributed by atoms with E-state index in [4.69, 9.17) is 25.8 Å². The van der Waals surface area contributed by atoms with Gasteiger partial charge in [-0.15, -0.1) is 0 Å². The summed E-state index contributed by atoms with van der Waals surface area (Å²) in [6.07, 6.45) is 3.71. The van der Waals surface area contributed by atoms with Crippen LogP contribution in [0, 0.1) is 0 Å². The van der Waals surface area contributed by atoms with Gasteiger partial charge in [0, 0.05) is 12.1 Å². The normalized spacial score (nSPS) is 14.3. The number of nitrogens with one attached hydrogen (secondary N) is 2. The summed E-state index contributed by atoms with van der Waals surface area (Å²) in [4.78, 5) is 12.4. The van der Waals surface area contributed by atoms with Gasteiger partial charge < -0.3 is 19.5 Å². The van der Waals surface area contributed by atoms with Gasteiger partial charge in [0.1, 0.15) is 17.2 Å². The maximum Gasteiger partial charge on any atom is 0.262 e. The molecule has 0 unspecified atom stereocenters. The molecule has 1 fully saturated rings. The van der Waals surface area contributed by atoms with Crippen LogP contribution in [-0.2, 0) is 14.8 Å². The van der Waals surface area contributed by atoms with Crippen LogP contribution in [0.4, 0.5) is 5.69 Å². The summed E-state index contributed by atoms with van der Waals surface area (Å²) in [5, 5.41) is 2.78. The molecule has 1 aliphatic rings. The molecule has 2 aromatic carbocycles. The molecule has 31 heavy (non-hydrogen) atoms. The van der Waals surface area contributed by atoms with E-state index in [0.29, 0.717) is 17.2 Å². The van der Waals surface area contributed by atoms with Gasteiger partial charge in [0.25, 0.3) is 5.91 Å². The van der Waals surface area contributed by atoms with Crippen molar-refractivity contribution < 1.29 is 27.4 Å². The minimum Gasteiger partial charge on any atom is -0.497 e. The lowest BCUT2D eigenvalue weighted by Gasteiger charge is -2.14. The minimum atomic E-state index is -3.66. The van der Waals surface area contributed by atoms with Gasteiger partial charge in [-0.3, -0.25) is 4.79 Å².